The van der Waals surface area contributed by atoms with Gasteiger partial charge in [-0.2, -0.15) is 0 Å². The van der Waals surface area contributed by atoms with E-state index in [4.69, 9.17) is 9.47 Å². The normalized spacial score (nSPS) is 17.8. The first-order valence-corrected chi connectivity index (χ1v) is 8.05. The van der Waals surface area contributed by atoms with Crippen molar-refractivity contribution in [3.63, 3.8) is 0 Å². The van der Waals surface area contributed by atoms with Gasteiger partial charge in [0.15, 0.2) is 0 Å². The van der Waals surface area contributed by atoms with Crippen molar-refractivity contribution in [2.75, 3.05) is 46.5 Å². The first-order chi connectivity index (χ1) is 10.7. The Kier molecular flexibility index (Phi) is 6.21. The average molecular weight is 306 g/mol. The molecule has 0 saturated carbocycles. The fourth-order valence-electron chi connectivity index (χ4n) is 2.63. The molecule has 1 fully saturated rings. The fraction of sp³-hybridized carbons (Fsp3) is 0.588. The third kappa shape index (κ3) is 3.99. The van der Waals surface area contributed by atoms with Crippen molar-refractivity contribution in [1.82, 2.24) is 9.80 Å². The van der Waals surface area contributed by atoms with Crippen molar-refractivity contribution in [2.45, 2.75) is 20.4 Å². The second kappa shape index (κ2) is 8.15. The number of nitrogens with zero attached hydrogens (tertiary/aromatic N) is 2. The third-order valence-electron chi connectivity index (χ3n) is 3.85. The first kappa shape index (κ1) is 16.8. The molecule has 1 saturated heterocycles. The molecule has 2 aliphatic rings. The zero-order chi connectivity index (χ0) is 15.9. The van der Waals surface area contributed by atoms with Gasteiger partial charge in [-0.25, -0.2) is 0 Å². The van der Waals surface area contributed by atoms with Crippen LogP contribution in [-0.4, -0.2) is 62.2 Å². The number of carbonyl (C=O) groups is 1. The van der Waals surface area contributed by atoms with Gasteiger partial charge in [-0.15, -0.1) is 0 Å². The lowest BCUT2D eigenvalue weighted by Gasteiger charge is -2.26. The molecule has 5 heteroatoms. The molecule has 0 bridgehead atoms. The van der Waals surface area contributed by atoms with Crippen LogP contribution in [0.4, 0.5) is 0 Å². The molecular weight excluding hydrogens is 280 g/mol. The Morgan fingerprint density at radius 2 is 1.95 bits per heavy atom. The summed E-state index contributed by atoms with van der Waals surface area (Å²) in [7, 11) is 1.82. The maximum absolute atomic E-state index is 11.9. The Hall–Kier alpha value is -1.59. The number of rotatable bonds is 4. The van der Waals surface area contributed by atoms with E-state index in [0.717, 1.165) is 49.7 Å². The summed E-state index contributed by atoms with van der Waals surface area (Å²) in [6, 6.07) is 5.80. The number of morpholine rings is 1. The van der Waals surface area contributed by atoms with Gasteiger partial charge in [0.1, 0.15) is 12.4 Å². The van der Waals surface area contributed by atoms with Crippen molar-refractivity contribution in [1.29, 1.82) is 0 Å². The molecule has 0 aliphatic carbocycles. The molecular formula is C17H26N2O3. The summed E-state index contributed by atoms with van der Waals surface area (Å²) < 4.78 is 11.1. The van der Waals surface area contributed by atoms with E-state index in [9.17, 15) is 4.79 Å². The largest absolute Gasteiger partial charge is 0.492 e. The van der Waals surface area contributed by atoms with Gasteiger partial charge >= 0.3 is 0 Å². The third-order valence-corrected chi connectivity index (χ3v) is 3.85. The molecule has 0 spiro atoms. The minimum absolute atomic E-state index is 0.0821. The maximum Gasteiger partial charge on any atom is 0.254 e. The van der Waals surface area contributed by atoms with Crippen LogP contribution in [0.2, 0.25) is 0 Å². The molecule has 122 valence electrons. The average Bonchev–Trinajstić information content (AvgIpc) is 2.85. The van der Waals surface area contributed by atoms with E-state index >= 15 is 0 Å². The highest BCUT2D eigenvalue weighted by Gasteiger charge is 2.24. The molecule has 3 rings (SSSR count). The van der Waals surface area contributed by atoms with Crippen molar-refractivity contribution >= 4 is 5.91 Å². The number of amides is 1. The van der Waals surface area contributed by atoms with Gasteiger partial charge in [-0.05, 0) is 17.7 Å². The summed E-state index contributed by atoms with van der Waals surface area (Å²) in [6.45, 7) is 9.78. The van der Waals surface area contributed by atoms with Crippen LogP contribution in [0.15, 0.2) is 18.2 Å². The fourth-order valence-corrected chi connectivity index (χ4v) is 2.63. The van der Waals surface area contributed by atoms with Crippen LogP contribution >= 0.6 is 0 Å². The van der Waals surface area contributed by atoms with E-state index in [2.05, 4.69) is 4.90 Å². The number of hydrogen-bond acceptors (Lipinski definition) is 4. The minimum Gasteiger partial charge on any atom is -0.492 e. The van der Waals surface area contributed by atoms with Crippen molar-refractivity contribution in [2.24, 2.45) is 0 Å². The molecule has 0 aromatic heterocycles. The second-order valence-corrected chi connectivity index (χ2v) is 5.28. The number of fused-ring (bicyclic) bond motifs is 1. The van der Waals surface area contributed by atoms with Crippen LogP contribution in [0.3, 0.4) is 0 Å². The molecule has 2 aliphatic heterocycles. The zero-order valence-corrected chi connectivity index (χ0v) is 13.8. The summed E-state index contributed by atoms with van der Waals surface area (Å²) in [5.41, 5.74) is 1.86. The predicted molar refractivity (Wildman–Crippen MR) is 86.3 cm³/mol. The van der Waals surface area contributed by atoms with Crippen LogP contribution in [0.5, 0.6) is 5.75 Å². The quantitative estimate of drug-likeness (QED) is 0.853. The van der Waals surface area contributed by atoms with E-state index in [-0.39, 0.29) is 5.91 Å². The standard InChI is InChI=1S/C15H20N2O3.C2H6/c1-16-11-12-2-3-13(10-14(12)15(16)18)20-9-6-17-4-7-19-8-5-17;1-2/h2-3,10H,4-9,11H2,1H3;1-2H3. The van der Waals surface area contributed by atoms with Crippen molar-refractivity contribution < 1.29 is 14.3 Å². The summed E-state index contributed by atoms with van der Waals surface area (Å²) in [6.07, 6.45) is 0. The smallest absolute Gasteiger partial charge is 0.254 e. The number of carbonyl (C=O) groups excluding carboxylic acids is 1. The van der Waals surface area contributed by atoms with E-state index in [1.165, 1.54) is 0 Å². The van der Waals surface area contributed by atoms with E-state index in [0.29, 0.717) is 13.2 Å². The molecule has 1 amide bonds. The Morgan fingerprint density at radius 1 is 1.23 bits per heavy atom. The highest BCUT2D eigenvalue weighted by molar-refractivity contribution is 5.98. The lowest BCUT2D eigenvalue weighted by atomic mass is 10.1. The second-order valence-electron chi connectivity index (χ2n) is 5.28. The SMILES string of the molecule is CC.CN1Cc2ccc(OCCN3CCOCC3)cc2C1=O. The van der Waals surface area contributed by atoms with Crippen LogP contribution in [-0.2, 0) is 11.3 Å². The topological polar surface area (TPSA) is 42.0 Å². The molecule has 1 aromatic carbocycles. The minimum atomic E-state index is 0.0821. The van der Waals surface area contributed by atoms with Crippen LogP contribution in [0.1, 0.15) is 29.8 Å². The lowest BCUT2D eigenvalue weighted by Crippen LogP contribution is -2.38. The zero-order valence-electron chi connectivity index (χ0n) is 13.8. The maximum atomic E-state index is 11.9. The Labute approximate surface area is 132 Å². The summed E-state index contributed by atoms with van der Waals surface area (Å²) in [4.78, 5) is 16.0. The Morgan fingerprint density at radius 3 is 2.68 bits per heavy atom. The van der Waals surface area contributed by atoms with Crippen LogP contribution < -0.4 is 4.74 Å². The van der Waals surface area contributed by atoms with E-state index < -0.39 is 0 Å². The highest BCUT2D eigenvalue weighted by atomic mass is 16.5. The summed E-state index contributed by atoms with van der Waals surface area (Å²) in [5, 5.41) is 0. The first-order valence-electron chi connectivity index (χ1n) is 8.05. The molecule has 5 nitrogen and oxygen atoms in total. The molecule has 1 aromatic rings. The number of ether oxygens (including phenoxy) is 2. The Bertz CT molecular complexity index is 499. The van der Waals surface area contributed by atoms with E-state index in [1.54, 1.807) is 4.90 Å². The van der Waals surface area contributed by atoms with E-state index in [1.807, 2.05) is 39.1 Å². The predicted octanol–water partition coefficient (Wildman–Crippen LogP) is 2.01. The number of hydrogen-bond donors (Lipinski definition) is 0. The molecule has 22 heavy (non-hydrogen) atoms. The summed E-state index contributed by atoms with van der Waals surface area (Å²) >= 11 is 0. The Balaban J connectivity index is 0.000000847. The van der Waals surface area contributed by atoms with Crippen molar-refractivity contribution in [3.8, 4) is 5.75 Å². The van der Waals surface area contributed by atoms with Gasteiger partial charge < -0.3 is 14.4 Å². The molecule has 0 radical (unpaired) electrons. The monoisotopic (exact) mass is 306 g/mol. The van der Waals surface area contributed by atoms with Gasteiger partial charge in [-0.1, -0.05) is 19.9 Å². The molecule has 0 atom stereocenters. The molecule has 0 unspecified atom stereocenters. The van der Waals surface area contributed by atoms with Crippen LogP contribution in [0.25, 0.3) is 0 Å². The van der Waals surface area contributed by atoms with Crippen LogP contribution in [0, 0.1) is 0 Å². The summed E-state index contributed by atoms with van der Waals surface area (Å²) in [5.74, 6) is 0.860. The van der Waals surface area contributed by atoms with Gasteiger partial charge in [0.25, 0.3) is 5.91 Å². The van der Waals surface area contributed by atoms with Gasteiger partial charge in [0.05, 0.1) is 13.2 Å². The molecule has 2 heterocycles. The molecule has 0 N–H and O–H groups in total. The van der Waals surface area contributed by atoms with Gasteiger partial charge in [0, 0.05) is 38.8 Å². The van der Waals surface area contributed by atoms with Crippen molar-refractivity contribution in [3.05, 3.63) is 29.3 Å². The lowest BCUT2D eigenvalue weighted by molar-refractivity contribution is 0.0322. The van der Waals surface area contributed by atoms with Gasteiger partial charge in [0.2, 0.25) is 0 Å². The van der Waals surface area contributed by atoms with Gasteiger partial charge in [-0.3, -0.25) is 9.69 Å². The highest BCUT2D eigenvalue weighted by Crippen LogP contribution is 2.25. The number of benzene rings is 1.